The van der Waals surface area contributed by atoms with Gasteiger partial charge in [-0.05, 0) is 24.5 Å². The summed E-state index contributed by atoms with van der Waals surface area (Å²) >= 11 is 0. The van der Waals surface area contributed by atoms with E-state index in [-0.39, 0.29) is 11.9 Å². The smallest absolute Gasteiger partial charge is 0.221 e. The lowest BCUT2D eigenvalue weighted by Crippen LogP contribution is -2.44. The summed E-state index contributed by atoms with van der Waals surface area (Å²) in [5, 5.41) is 6.26. The lowest BCUT2D eigenvalue weighted by Gasteiger charge is -2.23. The molecule has 0 radical (unpaired) electrons. The van der Waals surface area contributed by atoms with Crippen molar-refractivity contribution in [3.05, 3.63) is 29.8 Å². The van der Waals surface area contributed by atoms with Crippen molar-refractivity contribution >= 4 is 5.91 Å². The number of para-hydroxylation sites is 1. The molecular formula is C17H26N2O3. The average molecular weight is 306 g/mol. The van der Waals surface area contributed by atoms with Gasteiger partial charge in [-0.25, -0.2) is 0 Å². The molecule has 1 aliphatic heterocycles. The maximum Gasteiger partial charge on any atom is 0.221 e. The number of hydrogen-bond donors (Lipinski definition) is 2. The molecule has 1 amide bonds. The molecule has 1 fully saturated rings. The molecular weight excluding hydrogens is 280 g/mol. The molecule has 1 heterocycles. The number of hydrogen-bond acceptors (Lipinski definition) is 4. The third kappa shape index (κ3) is 5.66. The van der Waals surface area contributed by atoms with Gasteiger partial charge in [-0.2, -0.15) is 0 Å². The van der Waals surface area contributed by atoms with Gasteiger partial charge in [0.15, 0.2) is 0 Å². The maximum absolute atomic E-state index is 11.9. The van der Waals surface area contributed by atoms with Crippen LogP contribution in [-0.2, 0) is 16.0 Å². The SMILES string of the molecule is CCCOc1ccccc1CCNC(=O)C[C@@H]1COCCN1. The molecule has 5 nitrogen and oxygen atoms in total. The fourth-order valence-electron chi connectivity index (χ4n) is 2.45. The zero-order valence-corrected chi connectivity index (χ0v) is 13.3. The van der Waals surface area contributed by atoms with Crippen molar-refractivity contribution in [2.24, 2.45) is 0 Å². The highest BCUT2D eigenvalue weighted by atomic mass is 16.5. The predicted molar refractivity (Wildman–Crippen MR) is 86.2 cm³/mol. The molecule has 0 aromatic heterocycles. The summed E-state index contributed by atoms with van der Waals surface area (Å²) in [6.07, 6.45) is 2.23. The van der Waals surface area contributed by atoms with Gasteiger partial charge in [0.2, 0.25) is 5.91 Å². The van der Waals surface area contributed by atoms with Crippen molar-refractivity contribution in [1.29, 1.82) is 0 Å². The quantitative estimate of drug-likeness (QED) is 0.764. The van der Waals surface area contributed by atoms with Crippen LogP contribution in [0.25, 0.3) is 0 Å². The summed E-state index contributed by atoms with van der Waals surface area (Å²) < 4.78 is 11.1. The fourth-order valence-corrected chi connectivity index (χ4v) is 2.45. The van der Waals surface area contributed by atoms with E-state index in [4.69, 9.17) is 9.47 Å². The Hall–Kier alpha value is -1.59. The van der Waals surface area contributed by atoms with Crippen LogP contribution in [0, 0.1) is 0 Å². The Morgan fingerprint density at radius 2 is 2.32 bits per heavy atom. The van der Waals surface area contributed by atoms with E-state index in [0.29, 0.717) is 19.6 Å². The van der Waals surface area contributed by atoms with E-state index >= 15 is 0 Å². The third-order valence-electron chi connectivity index (χ3n) is 3.58. The number of carbonyl (C=O) groups is 1. The summed E-state index contributed by atoms with van der Waals surface area (Å²) in [6, 6.07) is 8.14. The first-order valence-electron chi connectivity index (χ1n) is 8.08. The van der Waals surface area contributed by atoms with Crippen molar-refractivity contribution in [2.45, 2.75) is 32.2 Å². The predicted octanol–water partition coefficient (Wildman–Crippen LogP) is 1.51. The Morgan fingerprint density at radius 3 is 3.09 bits per heavy atom. The van der Waals surface area contributed by atoms with Crippen LogP contribution in [0.2, 0.25) is 0 Å². The highest BCUT2D eigenvalue weighted by Crippen LogP contribution is 2.18. The normalized spacial score (nSPS) is 18.0. The van der Waals surface area contributed by atoms with E-state index in [1.807, 2.05) is 24.3 Å². The van der Waals surface area contributed by atoms with Gasteiger partial charge in [0, 0.05) is 25.6 Å². The van der Waals surface area contributed by atoms with Gasteiger partial charge in [-0.3, -0.25) is 4.79 Å². The lowest BCUT2D eigenvalue weighted by atomic mass is 10.1. The molecule has 1 saturated heterocycles. The van der Waals surface area contributed by atoms with Crippen LogP contribution in [0.5, 0.6) is 5.75 Å². The van der Waals surface area contributed by atoms with E-state index in [9.17, 15) is 4.79 Å². The van der Waals surface area contributed by atoms with E-state index in [1.54, 1.807) is 0 Å². The molecule has 0 spiro atoms. The van der Waals surface area contributed by atoms with Crippen LogP contribution in [-0.4, -0.2) is 44.9 Å². The molecule has 2 rings (SSSR count). The molecule has 0 saturated carbocycles. The van der Waals surface area contributed by atoms with E-state index in [1.165, 1.54) is 0 Å². The van der Waals surface area contributed by atoms with Crippen molar-refractivity contribution < 1.29 is 14.3 Å². The number of nitrogens with one attached hydrogen (secondary N) is 2. The van der Waals surface area contributed by atoms with Crippen molar-refractivity contribution in [1.82, 2.24) is 10.6 Å². The summed E-state index contributed by atoms with van der Waals surface area (Å²) in [4.78, 5) is 11.9. The zero-order valence-electron chi connectivity index (χ0n) is 13.3. The summed E-state index contributed by atoms with van der Waals surface area (Å²) in [5.41, 5.74) is 1.13. The number of amides is 1. The molecule has 122 valence electrons. The molecule has 1 aromatic carbocycles. The molecule has 0 aliphatic carbocycles. The number of ether oxygens (including phenoxy) is 2. The van der Waals surface area contributed by atoms with Crippen LogP contribution in [0.4, 0.5) is 0 Å². The minimum absolute atomic E-state index is 0.0648. The number of carbonyl (C=O) groups excluding carboxylic acids is 1. The van der Waals surface area contributed by atoms with Gasteiger partial charge in [0.1, 0.15) is 5.75 Å². The lowest BCUT2D eigenvalue weighted by molar-refractivity contribution is -0.122. The molecule has 0 bridgehead atoms. The Kier molecular flexibility index (Phi) is 7.19. The van der Waals surface area contributed by atoms with Crippen LogP contribution < -0.4 is 15.4 Å². The van der Waals surface area contributed by atoms with Crippen molar-refractivity contribution in [3.8, 4) is 5.75 Å². The van der Waals surface area contributed by atoms with Crippen LogP contribution in [0.1, 0.15) is 25.3 Å². The first-order valence-corrected chi connectivity index (χ1v) is 8.08. The molecule has 22 heavy (non-hydrogen) atoms. The Morgan fingerprint density at radius 1 is 1.45 bits per heavy atom. The van der Waals surface area contributed by atoms with E-state index in [0.717, 1.165) is 43.9 Å². The fraction of sp³-hybridized carbons (Fsp3) is 0.588. The highest BCUT2D eigenvalue weighted by molar-refractivity contribution is 5.76. The molecule has 0 unspecified atom stereocenters. The first-order chi connectivity index (χ1) is 10.8. The monoisotopic (exact) mass is 306 g/mol. The second kappa shape index (κ2) is 9.43. The van der Waals surface area contributed by atoms with Crippen molar-refractivity contribution in [2.75, 3.05) is 32.9 Å². The molecule has 1 atom stereocenters. The molecule has 5 heteroatoms. The van der Waals surface area contributed by atoms with Gasteiger partial charge in [0.05, 0.1) is 19.8 Å². The minimum atomic E-state index is 0.0648. The average Bonchev–Trinajstić information content (AvgIpc) is 2.55. The van der Waals surface area contributed by atoms with E-state index < -0.39 is 0 Å². The molecule has 1 aliphatic rings. The van der Waals surface area contributed by atoms with E-state index in [2.05, 4.69) is 17.6 Å². The van der Waals surface area contributed by atoms with Crippen LogP contribution in [0.15, 0.2) is 24.3 Å². The van der Waals surface area contributed by atoms with Gasteiger partial charge in [-0.1, -0.05) is 25.1 Å². The summed E-state index contributed by atoms with van der Waals surface area (Å²) in [7, 11) is 0. The molecule has 2 N–H and O–H groups in total. The first kappa shape index (κ1) is 16.8. The number of morpholine rings is 1. The summed E-state index contributed by atoms with van der Waals surface area (Å²) in [6.45, 7) is 5.59. The Labute approximate surface area is 132 Å². The molecule has 1 aromatic rings. The zero-order chi connectivity index (χ0) is 15.6. The number of rotatable bonds is 8. The van der Waals surface area contributed by atoms with Gasteiger partial charge < -0.3 is 20.1 Å². The van der Waals surface area contributed by atoms with Crippen LogP contribution >= 0.6 is 0 Å². The second-order valence-corrected chi connectivity index (χ2v) is 5.49. The largest absolute Gasteiger partial charge is 0.493 e. The minimum Gasteiger partial charge on any atom is -0.493 e. The maximum atomic E-state index is 11.9. The van der Waals surface area contributed by atoms with Crippen LogP contribution in [0.3, 0.4) is 0 Å². The van der Waals surface area contributed by atoms with Gasteiger partial charge in [-0.15, -0.1) is 0 Å². The van der Waals surface area contributed by atoms with Gasteiger partial charge in [0.25, 0.3) is 0 Å². The Balaban J connectivity index is 1.72. The highest BCUT2D eigenvalue weighted by Gasteiger charge is 2.16. The second-order valence-electron chi connectivity index (χ2n) is 5.49. The summed E-state index contributed by atoms with van der Waals surface area (Å²) in [5.74, 6) is 0.982. The number of benzene rings is 1. The third-order valence-corrected chi connectivity index (χ3v) is 3.58. The Bertz CT molecular complexity index is 459. The standard InChI is InChI=1S/C17H26N2O3/c1-2-10-22-16-6-4-3-5-14(16)7-8-19-17(20)12-15-13-21-11-9-18-15/h3-6,15,18H,2,7-13H2,1H3,(H,19,20)/t15-/m1/s1. The van der Waals surface area contributed by atoms with Crippen molar-refractivity contribution in [3.63, 3.8) is 0 Å². The topological polar surface area (TPSA) is 59.6 Å². The van der Waals surface area contributed by atoms with Gasteiger partial charge >= 0.3 is 0 Å².